The highest BCUT2D eigenvalue weighted by molar-refractivity contribution is 5.87. The maximum Gasteiger partial charge on any atom is 0.316 e. The molecule has 0 N–H and O–H groups in total. The van der Waals surface area contributed by atoms with Crippen LogP contribution in [0.3, 0.4) is 0 Å². The summed E-state index contributed by atoms with van der Waals surface area (Å²) in [6, 6.07) is 0. The number of esters is 1. The quantitative estimate of drug-likeness (QED) is 0.429. The first kappa shape index (κ1) is 11.2. The molecule has 0 saturated heterocycles. The monoisotopic (exact) mass is 236 g/mol. The topological polar surface area (TPSA) is 43.4 Å². The van der Waals surface area contributed by atoms with Gasteiger partial charge in [0.05, 0.1) is 0 Å². The second kappa shape index (κ2) is 3.82. The van der Waals surface area contributed by atoms with E-state index < -0.39 is 5.92 Å². The largest absolute Gasteiger partial charge is 0.459 e. The molecule has 4 saturated carbocycles. The van der Waals surface area contributed by atoms with Gasteiger partial charge in [-0.1, -0.05) is 0 Å². The van der Waals surface area contributed by atoms with Crippen molar-refractivity contribution in [1.82, 2.24) is 0 Å². The Morgan fingerprint density at radius 2 is 1.65 bits per heavy atom. The minimum Gasteiger partial charge on any atom is -0.459 e. The summed E-state index contributed by atoms with van der Waals surface area (Å²) in [5.74, 6) is 1.37. The van der Waals surface area contributed by atoms with Crippen molar-refractivity contribution in [3.05, 3.63) is 0 Å². The van der Waals surface area contributed by atoms with E-state index in [1.807, 2.05) is 0 Å². The van der Waals surface area contributed by atoms with Gasteiger partial charge in [0.25, 0.3) is 0 Å². The van der Waals surface area contributed by atoms with E-state index in [1.165, 1.54) is 19.3 Å². The van der Waals surface area contributed by atoms with E-state index in [-0.39, 0.29) is 11.6 Å². The third kappa shape index (κ3) is 1.90. The van der Waals surface area contributed by atoms with Crippen molar-refractivity contribution < 1.29 is 14.3 Å². The number of rotatable bonds is 3. The summed E-state index contributed by atoms with van der Waals surface area (Å²) in [4.78, 5) is 22.4. The molecule has 0 radical (unpaired) electrons. The molecule has 0 heterocycles. The van der Waals surface area contributed by atoms with Crippen LogP contribution in [0.5, 0.6) is 0 Å². The zero-order valence-electron chi connectivity index (χ0n) is 10.4. The highest BCUT2D eigenvalue weighted by atomic mass is 16.6. The zero-order chi connectivity index (χ0) is 12.0. The summed E-state index contributed by atoms with van der Waals surface area (Å²) >= 11 is 0. The average molecular weight is 236 g/mol. The van der Waals surface area contributed by atoms with E-state index in [9.17, 15) is 9.59 Å². The Morgan fingerprint density at radius 3 is 2.06 bits per heavy atom. The lowest BCUT2D eigenvalue weighted by molar-refractivity contribution is -0.189. The lowest BCUT2D eigenvalue weighted by Gasteiger charge is -2.55. The number of hydrogen-bond donors (Lipinski definition) is 0. The van der Waals surface area contributed by atoms with Gasteiger partial charge >= 0.3 is 5.97 Å². The summed E-state index contributed by atoms with van der Waals surface area (Å²) < 4.78 is 5.73. The molecular formula is C14H20O3. The molecule has 4 bridgehead atoms. The Hall–Kier alpha value is -0.860. The lowest BCUT2D eigenvalue weighted by Crippen LogP contribution is -2.53. The summed E-state index contributed by atoms with van der Waals surface area (Å²) in [5, 5.41) is 0. The third-order valence-electron chi connectivity index (χ3n) is 4.88. The van der Waals surface area contributed by atoms with Crippen LogP contribution in [0.15, 0.2) is 0 Å². The molecule has 17 heavy (non-hydrogen) atoms. The van der Waals surface area contributed by atoms with E-state index >= 15 is 0 Å². The van der Waals surface area contributed by atoms with Crippen molar-refractivity contribution in [1.29, 1.82) is 0 Å². The van der Waals surface area contributed by atoms with Crippen LogP contribution in [-0.4, -0.2) is 17.9 Å². The lowest BCUT2D eigenvalue weighted by atomic mass is 9.54. The number of aldehydes is 1. The van der Waals surface area contributed by atoms with Crippen LogP contribution in [-0.2, 0) is 14.3 Å². The van der Waals surface area contributed by atoms with Crippen LogP contribution >= 0.6 is 0 Å². The van der Waals surface area contributed by atoms with E-state index in [4.69, 9.17) is 4.74 Å². The summed E-state index contributed by atoms with van der Waals surface area (Å²) in [6.45, 7) is 1.62. The fourth-order valence-electron chi connectivity index (χ4n) is 4.52. The van der Waals surface area contributed by atoms with Crippen molar-refractivity contribution in [3.63, 3.8) is 0 Å². The molecule has 4 aliphatic carbocycles. The van der Waals surface area contributed by atoms with Gasteiger partial charge < -0.3 is 9.53 Å². The number of carbonyl (C=O) groups excluding carboxylic acids is 2. The smallest absolute Gasteiger partial charge is 0.316 e. The Morgan fingerprint density at radius 1 is 1.18 bits per heavy atom. The molecule has 0 amide bonds. The van der Waals surface area contributed by atoms with Gasteiger partial charge in [-0.05, 0) is 63.2 Å². The van der Waals surface area contributed by atoms with Gasteiger partial charge in [0.2, 0.25) is 0 Å². The van der Waals surface area contributed by atoms with Crippen LogP contribution in [0, 0.1) is 23.7 Å². The highest BCUT2D eigenvalue weighted by Crippen LogP contribution is 2.57. The molecule has 0 aliphatic heterocycles. The molecule has 0 aromatic heterocycles. The molecule has 0 aromatic carbocycles. The summed E-state index contributed by atoms with van der Waals surface area (Å²) in [5.41, 5.74) is -0.205. The fourth-order valence-corrected chi connectivity index (χ4v) is 4.52. The van der Waals surface area contributed by atoms with Gasteiger partial charge in [0.1, 0.15) is 17.8 Å². The molecule has 0 aromatic rings. The van der Waals surface area contributed by atoms with Crippen LogP contribution in [0.1, 0.15) is 45.4 Å². The first-order valence-corrected chi connectivity index (χ1v) is 6.78. The fraction of sp³-hybridized carbons (Fsp3) is 0.857. The first-order chi connectivity index (χ1) is 8.10. The first-order valence-electron chi connectivity index (χ1n) is 6.78. The molecule has 0 spiro atoms. The van der Waals surface area contributed by atoms with Crippen LogP contribution in [0.2, 0.25) is 0 Å². The SMILES string of the molecule is CC(C=O)C(=O)OC12CC3CC(CC(C3)C1)C2. The second-order valence-corrected chi connectivity index (χ2v) is 6.45. The molecule has 3 heteroatoms. The Bertz CT molecular complexity index is 312. The standard InChI is InChI=1S/C14H20O3/c1-9(8-15)13(16)17-14-5-10-2-11(6-14)4-12(3-10)7-14/h8-12H,2-7H2,1H3. The van der Waals surface area contributed by atoms with Crippen LogP contribution in [0.4, 0.5) is 0 Å². The van der Waals surface area contributed by atoms with E-state index in [0.717, 1.165) is 37.0 Å². The van der Waals surface area contributed by atoms with Gasteiger partial charge in [-0.3, -0.25) is 4.79 Å². The van der Waals surface area contributed by atoms with E-state index in [1.54, 1.807) is 6.92 Å². The summed E-state index contributed by atoms with van der Waals surface area (Å²) in [7, 11) is 0. The second-order valence-electron chi connectivity index (χ2n) is 6.45. The van der Waals surface area contributed by atoms with E-state index in [0.29, 0.717) is 6.29 Å². The molecular weight excluding hydrogens is 216 g/mol. The normalized spacial score (nSPS) is 44.4. The minimum atomic E-state index is -0.608. The number of hydrogen-bond acceptors (Lipinski definition) is 3. The maximum absolute atomic E-state index is 11.8. The minimum absolute atomic E-state index is 0.205. The Labute approximate surface area is 102 Å². The maximum atomic E-state index is 11.8. The van der Waals surface area contributed by atoms with Crippen molar-refractivity contribution in [3.8, 4) is 0 Å². The molecule has 1 atom stereocenters. The van der Waals surface area contributed by atoms with Crippen molar-refractivity contribution in [2.45, 2.75) is 51.0 Å². The van der Waals surface area contributed by atoms with Gasteiger partial charge in [-0.2, -0.15) is 0 Å². The van der Waals surface area contributed by atoms with Gasteiger partial charge in [0.15, 0.2) is 0 Å². The Balaban J connectivity index is 1.74. The average Bonchev–Trinajstić information content (AvgIpc) is 2.25. The number of carbonyl (C=O) groups is 2. The predicted molar refractivity (Wildman–Crippen MR) is 62.2 cm³/mol. The van der Waals surface area contributed by atoms with Crippen LogP contribution < -0.4 is 0 Å². The van der Waals surface area contributed by atoms with Crippen molar-refractivity contribution in [2.24, 2.45) is 23.7 Å². The van der Waals surface area contributed by atoms with Crippen molar-refractivity contribution in [2.75, 3.05) is 0 Å². The summed E-state index contributed by atoms with van der Waals surface area (Å²) in [6.07, 6.45) is 7.80. The number of ether oxygens (including phenoxy) is 1. The Kier molecular flexibility index (Phi) is 2.53. The molecule has 1 unspecified atom stereocenters. The molecule has 4 fully saturated rings. The molecule has 3 nitrogen and oxygen atoms in total. The molecule has 4 rings (SSSR count). The van der Waals surface area contributed by atoms with Crippen molar-refractivity contribution >= 4 is 12.3 Å². The predicted octanol–water partition coefficient (Wildman–Crippen LogP) is 2.33. The van der Waals surface area contributed by atoms with Gasteiger partial charge in [-0.25, -0.2) is 0 Å². The van der Waals surface area contributed by atoms with Crippen LogP contribution in [0.25, 0.3) is 0 Å². The van der Waals surface area contributed by atoms with Gasteiger partial charge in [-0.15, -0.1) is 0 Å². The molecule has 4 aliphatic rings. The van der Waals surface area contributed by atoms with E-state index in [2.05, 4.69) is 0 Å². The highest BCUT2D eigenvalue weighted by Gasteiger charge is 2.53. The molecule has 94 valence electrons. The zero-order valence-corrected chi connectivity index (χ0v) is 10.4. The van der Waals surface area contributed by atoms with Gasteiger partial charge in [0, 0.05) is 0 Å². The third-order valence-corrected chi connectivity index (χ3v) is 4.88.